The van der Waals surface area contributed by atoms with Crippen LogP contribution in [0.15, 0.2) is 35.1 Å². The molecule has 0 radical (unpaired) electrons. The van der Waals surface area contributed by atoms with E-state index in [1.807, 2.05) is 30.3 Å². The Hall–Kier alpha value is -2.43. The van der Waals surface area contributed by atoms with Gasteiger partial charge in [0.2, 0.25) is 5.91 Å². The molecular weight excluding hydrogens is 254 g/mol. The lowest BCUT2D eigenvalue weighted by atomic mass is 10.1. The van der Waals surface area contributed by atoms with Crippen LogP contribution in [0.2, 0.25) is 0 Å². The number of hydrogen-bond acceptors (Lipinski definition) is 3. The van der Waals surface area contributed by atoms with Crippen LogP contribution in [-0.4, -0.2) is 15.9 Å². The highest BCUT2D eigenvalue weighted by Crippen LogP contribution is 2.01. The zero-order valence-corrected chi connectivity index (χ0v) is 11.6. The van der Waals surface area contributed by atoms with Crippen molar-refractivity contribution in [2.24, 2.45) is 0 Å². The molecule has 0 aliphatic carbocycles. The first-order chi connectivity index (χ1) is 9.56. The maximum atomic E-state index is 11.9. The number of nitrogens with zero attached hydrogens (tertiary/aromatic N) is 1. The molecule has 0 atom stereocenters. The number of rotatable bonds is 4. The van der Waals surface area contributed by atoms with Crippen LogP contribution in [0.5, 0.6) is 0 Å². The van der Waals surface area contributed by atoms with Crippen LogP contribution in [0.3, 0.4) is 0 Å². The number of aromatic nitrogens is 2. The van der Waals surface area contributed by atoms with Crippen LogP contribution >= 0.6 is 0 Å². The smallest absolute Gasteiger partial charge is 0.254 e. The van der Waals surface area contributed by atoms with E-state index in [-0.39, 0.29) is 17.9 Å². The highest BCUT2D eigenvalue weighted by Gasteiger charge is 2.11. The molecule has 0 fully saturated rings. The predicted octanol–water partition coefficient (Wildman–Crippen LogP) is 1.25. The summed E-state index contributed by atoms with van der Waals surface area (Å²) in [6, 6.07) is 9.63. The molecule has 1 heterocycles. The van der Waals surface area contributed by atoms with Gasteiger partial charge in [0.1, 0.15) is 5.82 Å². The average Bonchev–Trinajstić information content (AvgIpc) is 2.42. The largest absolute Gasteiger partial charge is 0.352 e. The van der Waals surface area contributed by atoms with Crippen LogP contribution in [0.1, 0.15) is 22.6 Å². The van der Waals surface area contributed by atoms with Crippen LogP contribution in [0, 0.1) is 13.8 Å². The molecule has 0 spiro atoms. The van der Waals surface area contributed by atoms with Crippen molar-refractivity contribution in [2.45, 2.75) is 26.8 Å². The van der Waals surface area contributed by atoms with E-state index in [0.717, 1.165) is 5.56 Å². The molecular formula is C15H17N3O2. The number of hydrogen-bond donors (Lipinski definition) is 2. The van der Waals surface area contributed by atoms with E-state index in [1.165, 1.54) is 0 Å². The number of carbonyl (C=O) groups excluding carboxylic acids is 1. The fourth-order valence-corrected chi connectivity index (χ4v) is 1.98. The van der Waals surface area contributed by atoms with Crippen molar-refractivity contribution in [3.05, 3.63) is 63.3 Å². The Balaban J connectivity index is 2.00. The summed E-state index contributed by atoms with van der Waals surface area (Å²) in [5.74, 6) is 0.369. The van der Waals surface area contributed by atoms with Gasteiger partial charge in [-0.05, 0) is 19.4 Å². The number of amides is 1. The summed E-state index contributed by atoms with van der Waals surface area (Å²) in [5.41, 5.74) is 1.79. The molecule has 5 nitrogen and oxygen atoms in total. The lowest BCUT2D eigenvalue weighted by molar-refractivity contribution is -0.120. The van der Waals surface area contributed by atoms with Crippen molar-refractivity contribution in [3.8, 4) is 0 Å². The molecule has 104 valence electrons. The summed E-state index contributed by atoms with van der Waals surface area (Å²) in [6.07, 6.45) is 0.0429. The third kappa shape index (κ3) is 3.54. The molecule has 2 rings (SSSR count). The topological polar surface area (TPSA) is 74.8 Å². The minimum atomic E-state index is -0.245. The molecule has 1 aromatic carbocycles. The summed E-state index contributed by atoms with van der Waals surface area (Å²) in [6.45, 7) is 3.91. The molecule has 1 aromatic heterocycles. The third-order valence-corrected chi connectivity index (χ3v) is 3.01. The quantitative estimate of drug-likeness (QED) is 0.878. The maximum absolute atomic E-state index is 11.9. The van der Waals surface area contributed by atoms with E-state index in [2.05, 4.69) is 15.3 Å². The molecule has 20 heavy (non-hydrogen) atoms. The van der Waals surface area contributed by atoms with Crippen LogP contribution in [-0.2, 0) is 17.8 Å². The standard InChI is InChI=1S/C15H17N3O2/c1-10-13(15(20)18-11(2)17-10)8-14(19)16-9-12-6-4-3-5-7-12/h3-7H,8-9H2,1-2H3,(H,16,19)(H,17,18,20). The molecule has 0 bridgehead atoms. The number of H-pyrrole nitrogens is 1. The van der Waals surface area contributed by atoms with Crippen LogP contribution < -0.4 is 10.9 Å². The minimum absolute atomic E-state index is 0.0429. The normalized spacial score (nSPS) is 10.3. The molecule has 0 saturated heterocycles. The first kappa shape index (κ1) is 14.0. The second-order valence-corrected chi connectivity index (χ2v) is 4.65. The summed E-state index contributed by atoms with van der Waals surface area (Å²) in [4.78, 5) is 30.5. The van der Waals surface area contributed by atoms with Gasteiger partial charge in [-0.15, -0.1) is 0 Å². The van der Waals surface area contributed by atoms with Gasteiger partial charge < -0.3 is 10.3 Å². The summed E-state index contributed by atoms with van der Waals surface area (Å²) >= 11 is 0. The second kappa shape index (κ2) is 6.14. The summed E-state index contributed by atoms with van der Waals surface area (Å²) in [7, 11) is 0. The summed E-state index contributed by atoms with van der Waals surface area (Å²) in [5, 5.41) is 2.80. The fourth-order valence-electron chi connectivity index (χ4n) is 1.98. The first-order valence-electron chi connectivity index (χ1n) is 6.43. The number of aryl methyl sites for hydroxylation is 2. The van der Waals surface area contributed by atoms with Gasteiger partial charge in [-0.2, -0.15) is 0 Å². The molecule has 0 aliphatic heterocycles. The zero-order chi connectivity index (χ0) is 14.5. The van der Waals surface area contributed by atoms with Crippen molar-refractivity contribution < 1.29 is 4.79 Å². The van der Waals surface area contributed by atoms with Gasteiger partial charge in [0, 0.05) is 17.8 Å². The molecule has 0 saturated carbocycles. The maximum Gasteiger partial charge on any atom is 0.254 e. The SMILES string of the molecule is Cc1nc(C)c(CC(=O)NCc2ccccc2)c(=O)[nH]1. The van der Waals surface area contributed by atoms with E-state index < -0.39 is 0 Å². The highest BCUT2D eigenvalue weighted by atomic mass is 16.2. The zero-order valence-electron chi connectivity index (χ0n) is 11.6. The van der Waals surface area contributed by atoms with Crippen molar-refractivity contribution in [1.29, 1.82) is 0 Å². The summed E-state index contributed by atoms with van der Waals surface area (Å²) < 4.78 is 0. The van der Waals surface area contributed by atoms with E-state index in [4.69, 9.17) is 0 Å². The lowest BCUT2D eigenvalue weighted by Gasteiger charge is -2.07. The van der Waals surface area contributed by atoms with Crippen molar-refractivity contribution >= 4 is 5.91 Å². The Morgan fingerprint density at radius 2 is 1.95 bits per heavy atom. The monoisotopic (exact) mass is 271 g/mol. The molecule has 5 heteroatoms. The van der Waals surface area contributed by atoms with E-state index in [0.29, 0.717) is 23.6 Å². The number of benzene rings is 1. The Bertz CT molecular complexity index is 663. The Labute approximate surface area is 117 Å². The van der Waals surface area contributed by atoms with Gasteiger partial charge in [0.05, 0.1) is 6.42 Å². The van der Waals surface area contributed by atoms with Crippen molar-refractivity contribution in [2.75, 3.05) is 0 Å². The first-order valence-corrected chi connectivity index (χ1v) is 6.43. The second-order valence-electron chi connectivity index (χ2n) is 4.65. The number of nitrogens with one attached hydrogen (secondary N) is 2. The number of carbonyl (C=O) groups is 1. The number of aromatic amines is 1. The van der Waals surface area contributed by atoms with E-state index >= 15 is 0 Å². The van der Waals surface area contributed by atoms with Gasteiger partial charge in [0.25, 0.3) is 5.56 Å². The Morgan fingerprint density at radius 3 is 2.60 bits per heavy atom. The molecule has 0 unspecified atom stereocenters. The van der Waals surface area contributed by atoms with Gasteiger partial charge in [-0.3, -0.25) is 9.59 Å². The molecule has 1 amide bonds. The molecule has 0 aliphatic rings. The van der Waals surface area contributed by atoms with Gasteiger partial charge in [0.15, 0.2) is 0 Å². The molecule has 2 N–H and O–H groups in total. The third-order valence-electron chi connectivity index (χ3n) is 3.01. The Kier molecular flexibility index (Phi) is 4.30. The molecule has 2 aromatic rings. The van der Waals surface area contributed by atoms with Crippen molar-refractivity contribution in [3.63, 3.8) is 0 Å². The van der Waals surface area contributed by atoms with Crippen molar-refractivity contribution in [1.82, 2.24) is 15.3 Å². The van der Waals surface area contributed by atoms with Gasteiger partial charge in [-0.1, -0.05) is 30.3 Å². The lowest BCUT2D eigenvalue weighted by Crippen LogP contribution is -2.28. The average molecular weight is 271 g/mol. The van der Waals surface area contributed by atoms with Crippen LogP contribution in [0.25, 0.3) is 0 Å². The van der Waals surface area contributed by atoms with Crippen LogP contribution in [0.4, 0.5) is 0 Å². The highest BCUT2D eigenvalue weighted by molar-refractivity contribution is 5.78. The van der Waals surface area contributed by atoms with Gasteiger partial charge >= 0.3 is 0 Å². The van der Waals surface area contributed by atoms with E-state index in [9.17, 15) is 9.59 Å². The van der Waals surface area contributed by atoms with E-state index in [1.54, 1.807) is 13.8 Å². The van der Waals surface area contributed by atoms with Gasteiger partial charge in [-0.25, -0.2) is 4.98 Å². The Morgan fingerprint density at radius 1 is 1.25 bits per heavy atom. The fraction of sp³-hybridized carbons (Fsp3) is 0.267. The predicted molar refractivity (Wildman–Crippen MR) is 76.3 cm³/mol. The minimum Gasteiger partial charge on any atom is -0.352 e.